The van der Waals surface area contributed by atoms with Gasteiger partial charge in [0.2, 0.25) is 0 Å². The summed E-state index contributed by atoms with van der Waals surface area (Å²) in [7, 11) is 0. The van der Waals surface area contributed by atoms with Crippen molar-refractivity contribution in [2.75, 3.05) is 19.6 Å². The van der Waals surface area contributed by atoms with Crippen LogP contribution < -0.4 is 0 Å². The number of nitrogens with zero attached hydrogens (tertiary/aromatic N) is 2. The van der Waals surface area contributed by atoms with Crippen molar-refractivity contribution in [2.24, 2.45) is 5.41 Å². The standard InChI is InChI=1S/C20H28F2N2O2/c1-15-10-19(12-24(13-19)17(25)26-18(2,3)4)20(21,22)14-23(15)11-16-8-6-5-7-9-16/h5-9,15H,10-14H2,1-4H3/t15-/m1/s1. The molecule has 4 nitrogen and oxygen atoms in total. The zero-order chi connectivity index (χ0) is 19.2. The molecule has 0 aliphatic carbocycles. The van der Waals surface area contributed by atoms with Crippen LogP contribution in [0.5, 0.6) is 0 Å². The molecule has 0 N–H and O–H groups in total. The number of benzene rings is 1. The second-order valence-corrected chi connectivity index (χ2v) is 8.76. The van der Waals surface area contributed by atoms with E-state index in [4.69, 9.17) is 4.74 Å². The molecule has 2 aliphatic heterocycles. The van der Waals surface area contributed by atoms with Crippen molar-refractivity contribution in [3.05, 3.63) is 35.9 Å². The maximum Gasteiger partial charge on any atom is 0.410 e. The summed E-state index contributed by atoms with van der Waals surface area (Å²) in [6.07, 6.45) is -0.120. The molecule has 144 valence electrons. The van der Waals surface area contributed by atoms with Crippen LogP contribution in [0.1, 0.15) is 39.7 Å². The van der Waals surface area contributed by atoms with Crippen LogP contribution >= 0.6 is 0 Å². The van der Waals surface area contributed by atoms with Gasteiger partial charge in [0.25, 0.3) is 5.92 Å². The van der Waals surface area contributed by atoms with E-state index in [2.05, 4.69) is 0 Å². The van der Waals surface area contributed by atoms with Gasteiger partial charge in [0.1, 0.15) is 5.60 Å². The average Bonchev–Trinajstić information content (AvgIpc) is 2.47. The highest BCUT2D eigenvalue weighted by molar-refractivity contribution is 5.69. The van der Waals surface area contributed by atoms with Gasteiger partial charge in [-0.3, -0.25) is 4.90 Å². The minimum Gasteiger partial charge on any atom is -0.444 e. The summed E-state index contributed by atoms with van der Waals surface area (Å²) >= 11 is 0. The molecule has 2 aliphatic rings. The lowest BCUT2D eigenvalue weighted by molar-refractivity contribution is -0.230. The third-order valence-corrected chi connectivity index (χ3v) is 5.35. The highest BCUT2D eigenvalue weighted by Crippen LogP contribution is 2.52. The molecule has 2 saturated heterocycles. The van der Waals surface area contributed by atoms with Gasteiger partial charge in [0.05, 0.1) is 12.0 Å². The molecule has 26 heavy (non-hydrogen) atoms. The van der Waals surface area contributed by atoms with Crippen molar-refractivity contribution in [1.29, 1.82) is 0 Å². The number of rotatable bonds is 2. The summed E-state index contributed by atoms with van der Waals surface area (Å²) < 4.78 is 35.3. The molecule has 0 aromatic heterocycles. The largest absolute Gasteiger partial charge is 0.444 e. The van der Waals surface area contributed by atoms with E-state index in [1.807, 2.05) is 42.2 Å². The third-order valence-electron chi connectivity index (χ3n) is 5.35. The highest BCUT2D eigenvalue weighted by atomic mass is 19.3. The van der Waals surface area contributed by atoms with Crippen molar-refractivity contribution in [3.8, 4) is 0 Å². The van der Waals surface area contributed by atoms with Gasteiger partial charge >= 0.3 is 6.09 Å². The minimum absolute atomic E-state index is 0.0376. The lowest BCUT2D eigenvalue weighted by atomic mass is 9.67. The average molecular weight is 366 g/mol. The summed E-state index contributed by atoms with van der Waals surface area (Å²) in [5.74, 6) is -2.83. The van der Waals surface area contributed by atoms with E-state index in [1.54, 1.807) is 20.8 Å². The number of carbonyl (C=O) groups is 1. The molecule has 0 radical (unpaired) electrons. The van der Waals surface area contributed by atoms with Gasteiger partial charge in [-0.15, -0.1) is 0 Å². The van der Waals surface area contributed by atoms with Gasteiger partial charge in [0, 0.05) is 25.7 Å². The molecule has 3 rings (SSSR count). The lowest BCUT2D eigenvalue weighted by Crippen LogP contribution is -2.72. The predicted molar refractivity (Wildman–Crippen MR) is 96.1 cm³/mol. The Bertz CT molecular complexity index is 652. The van der Waals surface area contributed by atoms with Crippen molar-refractivity contribution >= 4 is 6.09 Å². The Morgan fingerprint density at radius 2 is 1.81 bits per heavy atom. The molecule has 2 heterocycles. The first-order valence-corrected chi connectivity index (χ1v) is 9.15. The zero-order valence-electron chi connectivity index (χ0n) is 16.0. The quantitative estimate of drug-likeness (QED) is 0.788. The van der Waals surface area contributed by atoms with Crippen molar-refractivity contribution in [2.45, 2.75) is 58.2 Å². The van der Waals surface area contributed by atoms with E-state index >= 15 is 0 Å². The molecule has 1 amide bonds. The molecule has 2 fully saturated rings. The first kappa shape index (κ1) is 19.1. The summed E-state index contributed by atoms with van der Waals surface area (Å²) in [4.78, 5) is 15.4. The Morgan fingerprint density at radius 1 is 1.19 bits per heavy atom. The maximum atomic E-state index is 15.0. The van der Waals surface area contributed by atoms with Crippen LogP contribution in [0.15, 0.2) is 30.3 Å². The normalized spacial score (nSPS) is 25.0. The van der Waals surface area contributed by atoms with E-state index in [0.717, 1.165) is 5.56 Å². The molecule has 0 unspecified atom stereocenters. The van der Waals surface area contributed by atoms with Gasteiger partial charge in [-0.05, 0) is 39.7 Å². The lowest BCUT2D eigenvalue weighted by Gasteiger charge is -2.58. The number of hydrogen-bond acceptors (Lipinski definition) is 3. The topological polar surface area (TPSA) is 32.8 Å². The first-order chi connectivity index (χ1) is 12.0. The molecular formula is C20H28F2N2O2. The van der Waals surface area contributed by atoms with Gasteiger partial charge in [-0.1, -0.05) is 30.3 Å². The number of halogens is 2. The molecule has 0 saturated carbocycles. The molecule has 6 heteroatoms. The fourth-order valence-corrected chi connectivity index (χ4v) is 3.95. The number of piperidine rings is 1. The van der Waals surface area contributed by atoms with Crippen LogP contribution in [0.3, 0.4) is 0 Å². The number of alkyl halides is 2. The molecule has 0 bridgehead atoms. The Labute approximate surface area is 154 Å². The van der Waals surface area contributed by atoms with Crippen molar-refractivity contribution in [1.82, 2.24) is 9.80 Å². The number of amides is 1. The second-order valence-electron chi connectivity index (χ2n) is 8.76. The van der Waals surface area contributed by atoms with E-state index in [-0.39, 0.29) is 25.7 Å². The summed E-state index contributed by atoms with van der Waals surface area (Å²) in [5.41, 5.74) is -0.708. The molecule has 1 aromatic carbocycles. The molecule has 1 atom stereocenters. The Balaban J connectivity index is 1.64. The molecule has 1 aromatic rings. The van der Waals surface area contributed by atoms with Crippen LogP contribution in [0, 0.1) is 5.41 Å². The Morgan fingerprint density at radius 3 is 2.38 bits per heavy atom. The van der Waals surface area contributed by atoms with E-state index in [1.165, 1.54) is 4.90 Å². The summed E-state index contributed by atoms with van der Waals surface area (Å²) in [6.45, 7) is 7.71. The van der Waals surface area contributed by atoms with Crippen LogP contribution in [-0.4, -0.2) is 53.1 Å². The van der Waals surface area contributed by atoms with Crippen LogP contribution in [0.4, 0.5) is 13.6 Å². The minimum atomic E-state index is -2.83. The summed E-state index contributed by atoms with van der Waals surface area (Å²) in [5, 5.41) is 0. The number of likely N-dealkylation sites (tertiary alicyclic amines) is 2. The summed E-state index contributed by atoms with van der Waals surface area (Å²) in [6, 6.07) is 9.73. The van der Waals surface area contributed by atoms with Crippen molar-refractivity contribution < 1.29 is 18.3 Å². The van der Waals surface area contributed by atoms with Gasteiger partial charge in [-0.25, -0.2) is 13.6 Å². The Hall–Kier alpha value is -1.69. The zero-order valence-corrected chi connectivity index (χ0v) is 16.0. The number of carbonyl (C=O) groups excluding carboxylic acids is 1. The van der Waals surface area contributed by atoms with Crippen LogP contribution in [0.2, 0.25) is 0 Å². The number of hydrogen-bond donors (Lipinski definition) is 0. The van der Waals surface area contributed by atoms with Gasteiger partial charge in [0.15, 0.2) is 0 Å². The fraction of sp³-hybridized carbons (Fsp3) is 0.650. The van der Waals surface area contributed by atoms with Crippen LogP contribution in [0.25, 0.3) is 0 Å². The molecule has 1 spiro atoms. The maximum absolute atomic E-state index is 15.0. The van der Waals surface area contributed by atoms with E-state index < -0.39 is 23.0 Å². The Kier molecular flexibility index (Phi) is 4.76. The highest BCUT2D eigenvalue weighted by Gasteiger charge is 2.65. The predicted octanol–water partition coefficient (Wildman–Crippen LogP) is 4.15. The molecular weight excluding hydrogens is 338 g/mol. The van der Waals surface area contributed by atoms with Crippen LogP contribution in [-0.2, 0) is 11.3 Å². The van der Waals surface area contributed by atoms with Gasteiger partial charge in [-0.2, -0.15) is 0 Å². The monoisotopic (exact) mass is 366 g/mol. The number of ether oxygens (including phenoxy) is 1. The second kappa shape index (κ2) is 6.48. The SMILES string of the molecule is C[C@@H]1CC2(CN(C(=O)OC(C)(C)C)C2)C(F)(F)CN1Cc1ccccc1. The van der Waals surface area contributed by atoms with E-state index in [0.29, 0.717) is 13.0 Å². The fourth-order valence-electron chi connectivity index (χ4n) is 3.95. The third kappa shape index (κ3) is 3.70. The van der Waals surface area contributed by atoms with E-state index in [9.17, 15) is 13.6 Å². The smallest absolute Gasteiger partial charge is 0.410 e. The van der Waals surface area contributed by atoms with Gasteiger partial charge < -0.3 is 9.64 Å². The first-order valence-electron chi connectivity index (χ1n) is 9.15. The van der Waals surface area contributed by atoms with Crippen molar-refractivity contribution in [3.63, 3.8) is 0 Å².